The van der Waals surface area contributed by atoms with Crippen molar-refractivity contribution in [2.24, 2.45) is 5.92 Å². The molecule has 0 heterocycles. The van der Waals surface area contributed by atoms with Gasteiger partial charge in [-0.2, -0.15) is 0 Å². The maximum Gasteiger partial charge on any atom is 0.123 e. The highest BCUT2D eigenvalue weighted by atomic mass is 19.1. The van der Waals surface area contributed by atoms with E-state index in [1.165, 1.54) is 53.6 Å². The van der Waals surface area contributed by atoms with Crippen molar-refractivity contribution in [3.05, 3.63) is 183 Å². The van der Waals surface area contributed by atoms with Crippen LogP contribution in [-0.2, 0) is 11.8 Å². The van der Waals surface area contributed by atoms with Crippen molar-refractivity contribution in [3.63, 3.8) is 0 Å². The first-order valence-electron chi connectivity index (χ1n) is 13.6. The van der Waals surface area contributed by atoms with Crippen LogP contribution < -0.4 is 0 Å². The second-order valence-electron chi connectivity index (χ2n) is 11.0. The molecule has 41 heavy (non-hydrogen) atoms. The van der Waals surface area contributed by atoms with Crippen molar-refractivity contribution < 1.29 is 17.6 Å². The van der Waals surface area contributed by atoms with E-state index in [0.29, 0.717) is 0 Å². The van der Waals surface area contributed by atoms with Gasteiger partial charge in [0.2, 0.25) is 0 Å². The van der Waals surface area contributed by atoms with Crippen molar-refractivity contribution in [1.82, 2.24) is 0 Å². The lowest BCUT2D eigenvalue weighted by atomic mass is 9.58. The number of hydrogen-bond donors (Lipinski definition) is 0. The Morgan fingerprint density at radius 2 is 1.12 bits per heavy atom. The summed E-state index contributed by atoms with van der Waals surface area (Å²) in [6, 6.07) is 27.5. The molecule has 1 atom stereocenters. The molecule has 5 aromatic carbocycles. The van der Waals surface area contributed by atoms with Crippen molar-refractivity contribution >= 4 is 16.3 Å². The second-order valence-corrected chi connectivity index (χ2v) is 11.0. The summed E-state index contributed by atoms with van der Waals surface area (Å²) >= 11 is 0. The zero-order chi connectivity index (χ0) is 27.9. The number of fused-ring (bicyclic) bond motifs is 1. The van der Waals surface area contributed by atoms with E-state index in [4.69, 9.17) is 0 Å². The van der Waals surface area contributed by atoms with Gasteiger partial charge in [0.15, 0.2) is 0 Å². The Morgan fingerprint density at radius 1 is 0.561 bits per heavy atom. The molecule has 0 amide bonds. The van der Waals surface area contributed by atoms with E-state index in [9.17, 15) is 13.2 Å². The van der Waals surface area contributed by atoms with Gasteiger partial charge in [-0.3, -0.25) is 0 Å². The fraction of sp³-hybridized carbons (Fsp3) is 0.0811. The lowest BCUT2D eigenvalue weighted by Gasteiger charge is -2.43. The number of benzene rings is 5. The maximum atomic E-state index is 15.4. The van der Waals surface area contributed by atoms with Crippen molar-refractivity contribution in [2.75, 3.05) is 0 Å². The van der Waals surface area contributed by atoms with Crippen LogP contribution in [0.5, 0.6) is 0 Å². The molecule has 3 aliphatic rings. The summed E-state index contributed by atoms with van der Waals surface area (Å²) in [5.74, 6) is -2.08. The Balaban J connectivity index is 1.62. The average molecular weight is 543 g/mol. The molecule has 4 heteroatoms. The summed E-state index contributed by atoms with van der Waals surface area (Å²) in [5, 5.41) is 2.18. The van der Waals surface area contributed by atoms with Crippen LogP contribution in [0.2, 0.25) is 0 Å². The molecule has 0 saturated carbocycles. The quantitative estimate of drug-likeness (QED) is 0.196. The highest BCUT2D eigenvalue weighted by Gasteiger charge is 2.49. The molecule has 1 unspecified atom stereocenters. The van der Waals surface area contributed by atoms with Crippen LogP contribution in [0.4, 0.5) is 17.6 Å². The molecule has 0 aromatic heterocycles. The van der Waals surface area contributed by atoms with E-state index in [1.807, 2.05) is 0 Å². The van der Waals surface area contributed by atoms with Crippen LogP contribution in [0.25, 0.3) is 16.3 Å². The third-order valence-corrected chi connectivity index (χ3v) is 8.98. The highest BCUT2D eigenvalue weighted by Crippen LogP contribution is 2.58. The van der Waals surface area contributed by atoms with Gasteiger partial charge in [0.1, 0.15) is 23.3 Å². The zero-order valence-electron chi connectivity index (χ0n) is 21.8. The van der Waals surface area contributed by atoms with E-state index < -0.39 is 17.2 Å². The van der Waals surface area contributed by atoms with Gasteiger partial charge in [0, 0.05) is 5.92 Å². The molecule has 8 rings (SSSR count). The van der Waals surface area contributed by atoms with Gasteiger partial charge in [-0.1, -0.05) is 66.7 Å². The minimum absolute atomic E-state index is 0.342. The predicted molar refractivity (Wildman–Crippen MR) is 154 cm³/mol. The third-order valence-electron chi connectivity index (χ3n) is 8.98. The predicted octanol–water partition coefficient (Wildman–Crippen LogP) is 9.35. The first-order chi connectivity index (χ1) is 19.9. The lowest BCUT2D eigenvalue weighted by Crippen LogP contribution is -2.38. The van der Waals surface area contributed by atoms with Crippen molar-refractivity contribution in [3.8, 4) is 0 Å². The van der Waals surface area contributed by atoms with Crippen molar-refractivity contribution in [1.29, 1.82) is 0 Å². The van der Waals surface area contributed by atoms with Gasteiger partial charge in [-0.05, 0) is 116 Å². The monoisotopic (exact) mass is 542 g/mol. The molecule has 3 aliphatic carbocycles. The van der Waals surface area contributed by atoms with Gasteiger partial charge >= 0.3 is 0 Å². The normalized spacial score (nSPS) is 18.0. The topological polar surface area (TPSA) is 0 Å². The van der Waals surface area contributed by atoms with Crippen LogP contribution in [0.3, 0.4) is 0 Å². The summed E-state index contributed by atoms with van der Waals surface area (Å²) in [6.07, 6.45) is 5.73. The van der Waals surface area contributed by atoms with E-state index >= 15 is 4.39 Å². The molecular weight excluding hydrogens is 520 g/mol. The average Bonchev–Trinajstić information content (AvgIpc) is 3.05. The highest BCUT2D eigenvalue weighted by molar-refractivity contribution is 6.08. The number of halogens is 4. The van der Waals surface area contributed by atoms with Gasteiger partial charge < -0.3 is 0 Å². The fourth-order valence-electron chi connectivity index (χ4n) is 7.27. The summed E-state index contributed by atoms with van der Waals surface area (Å²) < 4.78 is 58.3. The van der Waals surface area contributed by atoms with E-state index in [2.05, 4.69) is 24.3 Å². The molecule has 0 aliphatic heterocycles. The van der Waals surface area contributed by atoms with Gasteiger partial charge in [0.05, 0.1) is 5.41 Å². The zero-order valence-corrected chi connectivity index (χ0v) is 21.8. The molecule has 198 valence electrons. The Kier molecular flexibility index (Phi) is 5.09. The molecule has 0 radical (unpaired) electrons. The van der Waals surface area contributed by atoms with E-state index in [-0.39, 0.29) is 17.5 Å². The summed E-state index contributed by atoms with van der Waals surface area (Å²) in [5.41, 5.74) is 7.38. The van der Waals surface area contributed by atoms with E-state index in [1.54, 1.807) is 48.6 Å². The SMILES string of the molecule is FC1=CC2C(=C(c3ccc(F)cc3)c3ccc4c5c(ccc(c35)C2(c2ccc(F)cc2)c2ccc(F)cc2)C4)C=C1. The van der Waals surface area contributed by atoms with E-state index in [0.717, 1.165) is 56.2 Å². The van der Waals surface area contributed by atoms with Gasteiger partial charge in [-0.15, -0.1) is 0 Å². The lowest BCUT2D eigenvalue weighted by molar-refractivity contribution is 0.495. The minimum atomic E-state index is -1.04. The standard InChI is InChI=1S/C37H22F4/c38-26-9-1-21(2-10-26)35-30-17-15-29(41)20-33(30)37(24-5-11-27(39)12-6-24,25-7-13-28(40)14-8-25)32-18-4-23-19-22-3-16-31(35)36(32)34(22)23/h1-18,20,33H,19H2. The van der Waals surface area contributed by atoms with Crippen LogP contribution in [0.15, 0.2) is 127 Å². The van der Waals surface area contributed by atoms with Gasteiger partial charge in [-0.25, -0.2) is 17.6 Å². The Labute approximate surface area is 234 Å². The van der Waals surface area contributed by atoms with Crippen molar-refractivity contribution in [2.45, 2.75) is 11.8 Å². The molecular formula is C37H22F4. The summed E-state index contributed by atoms with van der Waals surface area (Å²) in [7, 11) is 0. The first kappa shape index (κ1) is 24.1. The molecule has 0 spiro atoms. The number of allylic oxidation sites excluding steroid dienone is 5. The third kappa shape index (κ3) is 3.34. The maximum absolute atomic E-state index is 15.4. The van der Waals surface area contributed by atoms with Crippen LogP contribution in [0.1, 0.15) is 38.9 Å². The largest absolute Gasteiger partial charge is 0.207 e. The molecule has 0 N–H and O–H groups in total. The minimum Gasteiger partial charge on any atom is -0.207 e. The molecule has 0 fully saturated rings. The summed E-state index contributed by atoms with van der Waals surface area (Å²) in [6.45, 7) is 0. The fourth-order valence-corrected chi connectivity index (χ4v) is 7.27. The van der Waals surface area contributed by atoms with Crippen LogP contribution >= 0.6 is 0 Å². The number of rotatable bonds is 3. The Hall–Kier alpha value is -4.70. The summed E-state index contributed by atoms with van der Waals surface area (Å²) in [4.78, 5) is 0. The second kappa shape index (κ2) is 8.65. The van der Waals surface area contributed by atoms with Crippen LogP contribution in [0, 0.1) is 23.4 Å². The van der Waals surface area contributed by atoms with Crippen LogP contribution in [-0.4, -0.2) is 0 Å². The Bertz CT molecular complexity index is 1920. The van der Waals surface area contributed by atoms with Gasteiger partial charge in [0.25, 0.3) is 0 Å². The molecule has 0 bridgehead atoms. The first-order valence-corrected chi connectivity index (χ1v) is 13.6. The smallest absolute Gasteiger partial charge is 0.123 e. The molecule has 5 aromatic rings. The number of hydrogen-bond acceptors (Lipinski definition) is 0. The molecule has 0 saturated heterocycles. The Morgan fingerprint density at radius 3 is 1.73 bits per heavy atom. The molecule has 0 nitrogen and oxygen atoms in total.